The average molecular weight is 195 g/mol. The van der Waals surface area contributed by atoms with Gasteiger partial charge in [-0.15, -0.1) is 0 Å². The molecular formula is C10H17N3O. The van der Waals surface area contributed by atoms with Crippen LogP contribution in [-0.2, 0) is 4.74 Å². The van der Waals surface area contributed by atoms with E-state index in [0.717, 1.165) is 19.0 Å². The van der Waals surface area contributed by atoms with Crippen LogP contribution in [0.2, 0.25) is 0 Å². The number of ether oxygens (including phenoxy) is 1. The highest BCUT2D eigenvalue weighted by atomic mass is 16.5. The van der Waals surface area contributed by atoms with E-state index in [9.17, 15) is 0 Å². The Morgan fingerprint density at radius 2 is 1.79 bits per heavy atom. The predicted octanol–water partition coefficient (Wildman–Crippen LogP) is 0.327. The van der Waals surface area contributed by atoms with Crippen molar-refractivity contribution < 1.29 is 4.74 Å². The predicted molar refractivity (Wildman–Crippen MR) is 54.1 cm³/mol. The summed E-state index contributed by atoms with van der Waals surface area (Å²) in [6.45, 7) is 1.89. The number of hydrogen-bond acceptors (Lipinski definition) is 2. The number of fused-ring (bicyclic) bond motifs is 2. The van der Waals surface area contributed by atoms with Gasteiger partial charge in [0.15, 0.2) is 5.96 Å². The quantitative estimate of drug-likeness (QED) is 0.484. The van der Waals surface area contributed by atoms with E-state index in [-0.39, 0.29) is 0 Å². The summed E-state index contributed by atoms with van der Waals surface area (Å²) < 4.78 is 5.75. The Hall–Kier alpha value is -0.770. The highest BCUT2D eigenvalue weighted by Gasteiger charge is 2.34. The zero-order valence-electron chi connectivity index (χ0n) is 8.35. The molecule has 0 aromatic heterocycles. The van der Waals surface area contributed by atoms with Crippen LogP contribution in [0.3, 0.4) is 0 Å². The largest absolute Gasteiger partial charge is 0.371 e. The molecule has 2 heterocycles. The van der Waals surface area contributed by atoms with Crippen LogP contribution >= 0.6 is 0 Å². The number of guanidine groups is 1. The van der Waals surface area contributed by atoms with Gasteiger partial charge in [0.05, 0.1) is 18.2 Å². The Morgan fingerprint density at radius 3 is 2.36 bits per heavy atom. The lowest BCUT2D eigenvalue weighted by molar-refractivity contribution is -0.0161. The molecular weight excluding hydrogens is 178 g/mol. The van der Waals surface area contributed by atoms with Crippen molar-refractivity contribution >= 4 is 5.96 Å². The molecule has 2 bridgehead atoms. The summed E-state index contributed by atoms with van der Waals surface area (Å²) in [4.78, 5) is 6.67. The van der Waals surface area contributed by atoms with Gasteiger partial charge in [0.25, 0.3) is 0 Å². The number of nitrogens with zero attached hydrogens (tertiary/aromatic N) is 2. The van der Waals surface area contributed by atoms with Crippen molar-refractivity contribution in [3.63, 3.8) is 0 Å². The molecule has 0 spiro atoms. The standard InChI is InChI=1S/C10H17N3O/c11-10(12-7-1-2-7)13-5-8-3-4-9(6-13)14-8/h7-9H,1-6H2,(H2,11,12). The minimum atomic E-state index is 0.404. The average Bonchev–Trinajstić information content (AvgIpc) is 2.93. The van der Waals surface area contributed by atoms with E-state index >= 15 is 0 Å². The van der Waals surface area contributed by atoms with Gasteiger partial charge >= 0.3 is 0 Å². The first-order chi connectivity index (χ1) is 6.81. The molecule has 4 nitrogen and oxygen atoms in total. The number of likely N-dealkylation sites (tertiary alicyclic amines) is 1. The third kappa shape index (κ3) is 1.59. The van der Waals surface area contributed by atoms with Crippen LogP contribution in [0.15, 0.2) is 4.99 Å². The second kappa shape index (κ2) is 3.12. The van der Waals surface area contributed by atoms with Crippen LogP contribution in [0.25, 0.3) is 0 Å². The minimum absolute atomic E-state index is 0.404. The first-order valence-corrected chi connectivity index (χ1v) is 5.55. The highest BCUT2D eigenvalue weighted by Crippen LogP contribution is 2.27. The molecule has 0 radical (unpaired) electrons. The molecule has 0 amide bonds. The van der Waals surface area contributed by atoms with Gasteiger partial charge in [0.1, 0.15) is 0 Å². The Labute approximate surface area is 84.1 Å². The third-order valence-corrected chi connectivity index (χ3v) is 3.23. The molecule has 14 heavy (non-hydrogen) atoms. The van der Waals surface area contributed by atoms with Crippen molar-refractivity contribution in [3.05, 3.63) is 0 Å². The summed E-state index contributed by atoms with van der Waals surface area (Å²) in [5, 5.41) is 0. The van der Waals surface area contributed by atoms with E-state index in [1.807, 2.05) is 0 Å². The van der Waals surface area contributed by atoms with Crippen molar-refractivity contribution in [2.24, 2.45) is 10.7 Å². The maximum atomic E-state index is 5.96. The van der Waals surface area contributed by atoms with Crippen molar-refractivity contribution in [1.29, 1.82) is 0 Å². The van der Waals surface area contributed by atoms with Crippen molar-refractivity contribution in [3.8, 4) is 0 Å². The second-order valence-corrected chi connectivity index (χ2v) is 4.58. The first-order valence-electron chi connectivity index (χ1n) is 5.55. The highest BCUT2D eigenvalue weighted by molar-refractivity contribution is 5.78. The lowest BCUT2D eigenvalue weighted by atomic mass is 10.2. The van der Waals surface area contributed by atoms with Gasteiger partial charge in [-0.1, -0.05) is 0 Å². The molecule has 2 N–H and O–H groups in total. The molecule has 3 rings (SSSR count). The fraction of sp³-hybridized carbons (Fsp3) is 0.900. The summed E-state index contributed by atoms with van der Waals surface area (Å²) in [6, 6.07) is 0.524. The fourth-order valence-electron chi connectivity index (χ4n) is 2.27. The monoisotopic (exact) mass is 195 g/mol. The fourth-order valence-corrected chi connectivity index (χ4v) is 2.27. The first kappa shape index (κ1) is 8.53. The molecule has 4 heteroatoms. The van der Waals surface area contributed by atoms with Crippen LogP contribution in [0.4, 0.5) is 0 Å². The molecule has 0 aromatic rings. The molecule has 3 fully saturated rings. The minimum Gasteiger partial charge on any atom is -0.371 e. The van der Waals surface area contributed by atoms with E-state index in [0.29, 0.717) is 18.2 Å². The molecule has 0 aromatic carbocycles. The Kier molecular flexibility index (Phi) is 1.90. The number of aliphatic imine (C=N–C) groups is 1. The number of hydrogen-bond donors (Lipinski definition) is 1. The van der Waals surface area contributed by atoms with Crippen LogP contribution in [-0.4, -0.2) is 42.2 Å². The molecule has 78 valence electrons. The van der Waals surface area contributed by atoms with E-state index in [1.54, 1.807) is 0 Å². The maximum absolute atomic E-state index is 5.96. The number of morpholine rings is 1. The molecule has 2 atom stereocenters. The molecule has 2 aliphatic heterocycles. The molecule has 2 unspecified atom stereocenters. The lowest BCUT2D eigenvalue weighted by Crippen LogP contribution is -2.49. The van der Waals surface area contributed by atoms with E-state index in [4.69, 9.17) is 10.5 Å². The zero-order chi connectivity index (χ0) is 9.54. The Morgan fingerprint density at radius 1 is 1.14 bits per heavy atom. The van der Waals surface area contributed by atoms with E-state index < -0.39 is 0 Å². The van der Waals surface area contributed by atoms with Gasteiger partial charge in [-0.2, -0.15) is 0 Å². The normalized spacial score (nSPS) is 37.7. The van der Waals surface area contributed by atoms with Crippen LogP contribution in [0, 0.1) is 0 Å². The zero-order valence-corrected chi connectivity index (χ0v) is 8.35. The van der Waals surface area contributed by atoms with Crippen molar-refractivity contribution in [2.45, 2.75) is 43.9 Å². The molecule has 2 saturated heterocycles. The topological polar surface area (TPSA) is 50.8 Å². The lowest BCUT2D eigenvalue weighted by Gasteiger charge is -2.32. The van der Waals surface area contributed by atoms with Gasteiger partial charge in [0, 0.05) is 13.1 Å². The van der Waals surface area contributed by atoms with Crippen LogP contribution in [0.5, 0.6) is 0 Å². The summed E-state index contributed by atoms with van der Waals surface area (Å²) in [7, 11) is 0. The molecule has 1 aliphatic carbocycles. The Balaban J connectivity index is 1.67. The van der Waals surface area contributed by atoms with Gasteiger partial charge in [-0.3, -0.25) is 0 Å². The smallest absolute Gasteiger partial charge is 0.191 e. The van der Waals surface area contributed by atoms with E-state index in [1.165, 1.54) is 25.7 Å². The Bertz CT molecular complexity index is 250. The van der Waals surface area contributed by atoms with Crippen molar-refractivity contribution in [1.82, 2.24) is 4.90 Å². The van der Waals surface area contributed by atoms with Gasteiger partial charge in [0.2, 0.25) is 0 Å². The summed E-state index contributed by atoms with van der Waals surface area (Å²) >= 11 is 0. The molecule has 1 saturated carbocycles. The summed E-state index contributed by atoms with van der Waals surface area (Å²) in [6.07, 6.45) is 5.63. The maximum Gasteiger partial charge on any atom is 0.191 e. The van der Waals surface area contributed by atoms with Crippen LogP contribution in [0.1, 0.15) is 25.7 Å². The summed E-state index contributed by atoms with van der Waals surface area (Å²) in [5.41, 5.74) is 5.96. The third-order valence-electron chi connectivity index (χ3n) is 3.23. The van der Waals surface area contributed by atoms with Gasteiger partial charge < -0.3 is 15.4 Å². The van der Waals surface area contributed by atoms with E-state index in [2.05, 4.69) is 9.89 Å². The number of nitrogens with two attached hydrogens (primary N) is 1. The van der Waals surface area contributed by atoms with Gasteiger partial charge in [-0.25, -0.2) is 4.99 Å². The second-order valence-electron chi connectivity index (χ2n) is 4.58. The molecule has 3 aliphatic rings. The van der Waals surface area contributed by atoms with Crippen LogP contribution < -0.4 is 5.73 Å². The number of rotatable bonds is 1. The SMILES string of the molecule is NC(=NC1CC1)N1CC2CCC(C1)O2. The summed E-state index contributed by atoms with van der Waals surface area (Å²) in [5.74, 6) is 0.743. The van der Waals surface area contributed by atoms with Gasteiger partial charge in [-0.05, 0) is 25.7 Å². The van der Waals surface area contributed by atoms with Crippen molar-refractivity contribution in [2.75, 3.05) is 13.1 Å².